The predicted octanol–water partition coefficient (Wildman–Crippen LogP) is 1.89. The maximum absolute atomic E-state index is 12.6. The van der Waals surface area contributed by atoms with Gasteiger partial charge in [-0.3, -0.25) is 14.5 Å². The van der Waals surface area contributed by atoms with Gasteiger partial charge in [-0.25, -0.2) is 4.79 Å². The highest BCUT2D eigenvalue weighted by molar-refractivity contribution is 5.78. The zero-order chi connectivity index (χ0) is 18.0. The molecule has 0 radical (unpaired) electrons. The van der Waals surface area contributed by atoms with Gasteiger partial charge in [-0.05, 0) is 12.0 Å². The maximum Gasteiger partial charge on any atom is 0.410 e. The Hall–Kier alpha value is -2.57. The third-order valence-electron chi connectivity index (χ3n) is 4.81. The van der Waals surface area contributed by atoms with Crippen molar-refractivity contribution in [3.8, 4) is 0 Å². The number of carbonyl (C=O) groups is 3. The molecule has 0 saturated carbocycles. The van der Waals surface area contributed by atoms with Crippen LogP contribution in [0.15, 0.2) is 30.3 Å². The Morgan fingerprint density at radius 2 is 1.84 bits per heavy atom. The minimum absolute atomic E-state index is 0.150. The molecule has 7 heteroatoms. The summed E-state index contributed by atoms with van der Waals surface area (Å²) in [4.78, 5) is 37.4. The van der Waals surface area contributed by atoms with Crippen molar-refractivity contribution in [3.63, 3.8) is 0 Å². The molecule has 2 heterocycles. The van der Waals surface area contributed by atoms with Crippen molar-refractivity contribution in [1.82, 2.24) is 4.90 Å². The summed E-state index contributed by atoms with van der Waals surface area (Å²) in [6.07, 6.45) is -0.0761. The number of methoxy groups -OCH3 is 1. The lowest BCUT2D eigenvalue weighted by Gasteiger charge is -2.23. The summed E-state index contributed by atoms with van der Waals surface area (Å²) >= 11 is 0. The van der Waals surface area contributed by atoms with Crippen LogP contribution in [0.5, 0.6) is 0 Å². The standard InChI is InChI=1S/C18H21NO6/c1-11(20)25-16-9-14-13(17(21)23-2)8-15(16)19(14)18(22)24-10-12-6-4-3-5-7-12/h3-7,13-16H,8-10H2,1-2H3. The van der Waals surface area contributed by atoms with Crippen molar-refractivity contribution in [2.24, 2.45) is 5.92 Å². The molecule has 0 spiro atoms. The van der Waals surface area contributed by atoms with Gasteiger partial charge in [0.25, 0.3) is 0 Å². The highest BCUT2D eigenvalue weighted by Gasteiger charge is 2.58. The third-order valence-corrected chi connectivity index (χ3v) is 4.81. The first-order valence-electron chi connectivity index (χ1n) is 8.25. The molecule has 4 atom stereocenters. The van der Waals surface area contributed by atoms with Crippen molar-refractivity contribution in [2.75, 3.05) is 7.11 Å². The van der Waals surface area contributed by atoms with Crippen molar-refractivity contribution in [3.05, 3.63) is 35.9 Å². The van der Waals surface area contributed by atoms with Crippen LogP contribution in [0.25, 0.3) is 0 Å². The zero-order valence-electron chi connectivity index (χ0n) is 14.2. The summed E-state index contributed by atoms with van der Waals surface area (Å²) in [6, 6.07) is 8.62. The Labute approximate surface area is 145 Å². The van der Waals surface area contributed by atoms with Crippen LogP contribution < -0.4 is 0 Å². The van der Waals surface area contributed by atoms with E-state index in [4.69, 9.17) is 14.2 Å². The van der Waals surface area contributed by atoms with Gasteiger partial charge in [-0.15, -0.1) is 0 Å². The molecular weight excluding hydrogens is 326 g/mol. The highest BCUT2D eigenvalue weighted by Crippen LogP contribution is 2.44. The van der Waals surface area contributed by atoms with E-state index in [1.807, 2.05) is 30.3 Å². The van der Waals surface area contributed by atoms with Crippen LogP contribution in [0.2, 0.25) is 0 Å². The SMILES string of the molecule is COC(=O)C1CC2C(OC(C)=O)CC1N2C(=O)OCc1ccccc1. The Bertz CT molecular complexity index is 661. The second kappa shape index (κ2) is 7.13. The van der Waals surface area contributed by atoms with Gasteiger partial charge in [0.05, 0.1) is 25.1 Å². The average Bonchev–Trinajstić information content (AvgIpc) is 3.14. The molecule has 25 heavy (non-hydrogen) atoms. The molecule has 1 amide bonds. The van der Waals surface area contributed by atoms with Gasteiger partial charge < -0.3 is 14.2 Å². The van der Waals surface area contributed by atoms with E-state index in [1.54, 1.807) is 0 Å². The fourth-order valence-electron chi connectivity index (χ4n) is 3.78. The van der Waals surface area contributed by atoms with E-state index in [0.29, 0.717) is 12.8 Å². The molecule has 2 aliphatic rings. The van der Waals surface area contributed by atoms with E-state index in [1.165, 1.54) is 18.9 Å². The molecule has 0 aliphatic carbocycles. The first kappa shape index (κ1) is 17.3. The van der Waals surface area contributed by atoms with Crippen molar-refractivity contribution in [1.29, 1.82) is 0 Å². The van der Waals surface area contributed by atoms with Gasteiger partial charge in [0.15, 0.2) is 0 Å². The topological polar surface area (TPSA) is 82.1 Å². The van der Waals surface area contributed by atoms with Crippen molar-refractivity contribution in [2.45, 2.75) is 44.6 Å². The van der Waals surface area contributed by atoms with Crippen LogP contribution in [0.1, 0.15) is 25.3 Å². The van der Waals surface area contributed by atoms with Gasteiger partial charge in [0.1, 0.15) is 12.7 Å². The van der Waals surface area contributed by atoms with Crippen LogP contribution >= 0.6 is 0 Å². The molecule has 3 rings (SSSR count). The average molecular weight is 347 g/mol. The van der Waals surface area contributed by atoms with E-state index in [-0.39, 0.29) is 24.7 Å². The van der Waals surface area contributed by atoms with Crippen LogP contribution in [-0.2, 0) is 30.4 Å². The Kier molecular flexibility index (Phi) is 4.92. The molecule has 2 aliphatic heterocycles. The summed E-state index contributed by atoms with van der Waals surface area (Å²) in [6.45, 7) is 1.48. The van der Waals surface area contributed by atoms with E-state index in [2.05, 4.69) is 0 Å². The second-order valence-corrected chi connectivity index (χ2v) is 6.33. The predicted molar refractivity (Wildman–Crippen MR) is 86.3 cm³/mol. The Morgan fingerprint density at radius 1 is 1.12 bits per heavy atom. The molecule has 4 unspecified atom stereocenters. The van der Waals surface area contributed by atoms with Crippen LogP contribution in [0.4, 0.5) is 4.79 Å². The number of nitrogens with zero attached hydrogens (tertiary/aromatic N) is 1. The van der Waals surface area contributed by atoms with Crippen molar-refractivity contribution < 1.29 is 28.6 Å². The molecule has 134 valence electrons. The molecule has 7 nitrogen and oxygen atoms in total. The number of amides is 1. The summed E-state index contributed by atoms with van der Waals surface area (Å²) < 4.78 is 15.5. The fraction of sp³-hybridized carbons (Fsp3) is 0.500. The van der Waals surface area contributed by atoms with Gasteiger partial charge in [-0.1, -0.05) is 30.3 Å². The monoisotopic (exact) mass is 347 g/mol. The minimum Gasteiger partial charge on any atom is -0.469 e. The Balaban J connectivity index is 1.70. The normalized spacial score (nSPS) is 27.0. The summed E-state index contributed by atoms with van der Waals surface area (Å²) in [7, 11) is 1.33. The molecular formula is C18H21NO6. The van der Waals surface area contributed by atoms with Gasteiger partial charge in [0.2, 0.25) is 0 Å². The number of fused-ring (bicyclic) bond motifs is 2. The van der Waals surface area contributed by atoms with Crippen LogP contribution in [-0.4, -0.2) is 48.2 Å². The number of benzene rings is 1. The molecule has 2 saturated heterocycles. The minimum atomic E-state index is -0.500. The second-order valence-electron chi connectivity index (χ2n) is 6.33. The quantitative estimate of drug-likeness (QED) is 0.611. The lowest BCUT2D eigenvalue weighted by atomic mass is 9.87. The number of hydrogen-bond donors (Lipinski definition) is 0. The number of esters is 2. The molecule has 1 aromatic carbocycles. The van der Waals surface area contributed by atoms with E-state index in [9.17, 15) is 14.4 Å². The van der Waals surface area contributed by atoms with Gasteiger partial charge in [0, 0.05) is 13.3 Å². The zero-order valence-corrected chi connectivity index (χ0v) is 14.2. The largest absolute Gasteiger partial charge is 0.469 e. The smallest absolute Gasteiger partial charge is 0.410 e. The number of hydrogen-bond acceptors (Lipinski definition) is 6. The fourth-order valence-corrected chi connectivity index (χ4v) is 3.78. The van der Waals surface area contributed by atoms with E-state index >= 15 is 0 Å². The summed E-state index contributed by atoms with van der Waals surface area (Å²) in [5, 5.41) is 0. The number of carbonyl (C=O) groups excluding carboxylic acids is 3. The van der Waals surface area contributed by atoms with Gasteiger partial charge in [-0.2, -0.15) is 0 Å². The summed E-state index contributed by atoms with van der Waals surface area (Å²) in [5.74, 6) is -1.16. The van der Waals surface area contributed by atoms with E-state index in [0.717, 1.165) is 5.56 Å². The number of ether oxygens (including phenoxy) is 3. The first-order chi connectivity index (χ1) is 12.0. The highest BCUT2D eigenvalue weighted by atomic mass is 16.6. The van der Waals surface area contributed by atoms with Gasteiger partial charge >= 0.3 is 18.0 Å². The molecule has 2 bridgehead atoms. The molecule has 2 fully saturated rings. The molecule has 1 aromatic rings. The summed E-state index contributed by atoms with van der Waals surface area (Å²) in [5.41, 5.74) is 0.878. The van der Waals surface area contributed by atoms with Crippen molar-refractivity contribution >= 4 is 18.0 Å². The van der Waals surface area contributed by atoms with E-state index < -0.39 is 24.1 Å². The van der Waals surface area contributed by atoms with Crippen LogP contribution in [0, 0.1) is 5.92 Å². The maximum atomic E-state index is 12.6. The molecule has 0 N–H and O–H groups in total. The molecule has 0 aromatic heterocycles. The third kappa shape index (κ3) is 3.45. The lowest BCUT2D eigenvalue weighted by Crippen LogP contribution is -2.39. The Morgan fingerprint density at radius 3 is 2.48 bits per heavy atom. The lowest BCUT2D eigenvalue weighted by molar-refractivity contribution is -0.149. The number of rotatable bonds is 4. The first-order valence-corrected chi connectivity index (χ1v) is 8.25. The van der Waals surface area contributed by atoms with Crippen LogP contribution in [0.3, 0.4) is 0 Å².